The van der Waals surface area contributed by atoms with E-state index in [9.17, 15) is 9.59 Å². The van der Waals surface area contributed by atoms with Gasteiger partial charge in [-0.3, -0.25) is 9.59 Å². The van der Waals surface area contributed by atoms with Gasteiger partial charge in [-0.05, 0) is 42.8 Å². The average molecular weight is 448 g/mol. The Balaban J connectivity index is 1.31. The van der Waals surface area contributed by atoms with Gasteiger partial charge in [0.15, 0.2) is 0 Å². The maximum Gasteiger partial charge on any atom is 0.251 e. The van der Waals surface area contributed by atoms with E-state index in [1.165, 1.54) is 0 Å². The van der Waals surface area contributed by atoms with Crippen LogP contribution in [0.2, 0.25) is 0 Å². The zero-order chi connectivity index (χ0) is 23.0. The van der Waals surface area contributed by atoms with Gasteiger partial charge in [-0.2, -0.15) is 0 Å². The molecule has 2 aromatic carbocycles. The minimum absolute atomic E-state index is 0.116. The summed E-state index contributed by atoms with van der Waals surface area (Å²) >= 11 is 0. The molecule has 4 rings (SSSR count). The Hall–Kier alpha value is -3.65. The van der Waals surface area contributed by atoms with E-state index in [-0.39, 0.29) is 17.9 Å². The second-order valence-corrected chi connectivity index (χ2v) is 8.07. The van der Waals surface area contributed by atoms with Gasteiger partial charge in [-0.25, -0.2) is 4.98 Å². The number of amides is 2. The molecule has 0 aliphatic carbocycles. The summed E-state index contributed by atoms with van der Waals surface area (Å²) in [6, 6.07) is 15.1. The normalized spacial score (nSPS) is 14.5. The molecule has 8 heteroatoms. The summed E-state index contributed by atoms with van der Waals surface area (Å²) < 4.78 is 7.26. The first kappa shape index (κ1) is 22.5. The van der Waals surface area contributed by atoms with E-state index >= 15 is 0 Å². The van der Waals surface area contributed by atoms with Gasteiger partial charge >= 0.3 is 0 Å². The zero-order valence-electron chi connectivity index (χ0n) is 18.7. The van der Waals surface area contributed by atoms with Crippen molar-refractivity contribution in [3.63, 3.8) is 0 Å². The molecule has 0 saturated carbocycles. The number of carbonyl (C=O) groups excluding carboxylic acids is 2. The number of hydrogen-bond acceptors (Lipinski definition) is 5. The summed E-state index contributed by atoms with van der Waals surface area (Å²) in [6.07, 6.45) is 5.49. The highest BCUT2D eigenvalue weighted by atomic mass is 16.5. The van der Waals surface area contributed by atoms with Crippen molar-refractivity contribution < 1.29 is 14.3 Å². The standard InChI is InChI=1S/C25H29N5O3/c1-19(20-5-7-23(8-6-20)30-13-15-33-16-14-30)27-25(32)21-3-2-4-22(17-21)28-24(31)9-11-29-12-10-26-18-29/h2-8,10,12,17-19H,9,11,13-16H2,1H3,(H,27,32)(H,28,31). The van der Waals surface area contributed by atoms with Gasteiger partial charge in [-0.1, -0.05) is 18.2 Å². The molecule has 1 unspecified atom stereocenters. The fourth-order valence-corrected chi connectivity index (χ4v) is 3.77. The van der Waals surface area contributed by atoms with E-state index in [0.29, 0.717) is 24.2 Å². The van der Waals surface area contributed by atoms with Gasteiger partial charge < -0.3 is 24.8 Å². The van der Waals surface area contributed by atoms with Crippen molar-refractivity contribution >= 4 is 23.2 Å². The maximum absolute atomic E-state index is 12.8. The van der Waals surface area contributed by atoms with Crippen molar-refractivity contribution in [3.8, 4) is 0 Å². The Morgan fingerprint density at radius 1 is 1.12 bits per heavy atom. The molecule has 33 heavy (non-hydrogen) atoms. The highest BCUT2D eigenvalue weighted by Crippen LogP contribution is 2.21. The number of aromatic nitrogens is 2. The molecule has 0 radical (unpaired) electrons. The minimum atomic E-state index is -0.186. The largest absolute Gasteiger partial charge is 0.378 e. The zero-order valence-corrected chi connectivity index (χ0v) is 18.7. The van der Waals surface area contributed by atoms with Crippen LogP contribution < -0.4 is 15.5 Å². The summed E-state index contributed by atoms with van der Waals surface area (Å²) in [7, 11) is 0. The predicted molar refractivity (Wildman–Crippen MR) is 127 cm³/mol. The Morgan fingerprint density at radius 2 is 1.91 bits per heavy atom. The van der Waals surface area contributed by atoms with Crippen LogP contribution in [0.25, 0.3) is 0 Å². The third-order valence-electron chi connectivity index (χ3n) is 5.68. The highest BCUT2D eigenvalue weighted by molar-refractivity contribution is 5.97. The van der Waals surface area contributed by atoms with Crippen molar-refractivity contribution in [1.29, 1.82) is 0 Å². The molecule has 172 valence electrons. The number of morpholine rings is 1. The van der Waals surface area contributed by atoms with Crippen LogP contribution in [0.5, 0.6) is 0 Å². The predicted octanol–water partition coefficient (Wildman–Crippen LogP) is 3.24. The molecule has 0 bridgehead atoms. The van der Waals surface area contributed by atoms with Gasteiger partial charge in [0.25, 0.3) is 5.91 Å². The van der Waals surface area contributed by atoms with Gasteiger partial charge in [0.2, 0.25) is 5.91 Å². The van der Waals surface area contributed by atoms with E-state index in [1.807, 2.05) is 29.8 Å². The molecule has 8 nitrogen and oxygen atoms in total. The molecule has 0 spiro atoms. The molecule has 3 aromatic rings. The lowest BCUT2D eigenvalue weighted by molar-refractivity contribution is -0.116. The second-order valence-electron chi connectivity index (χ2n) is 8.07. The van der Waals surface area contributed by atoms with Gasteiger partial charge in [0.1, 0.15) is 0 Å². The Bertz CT molecular complexity index is 1060. The van der Waals surface area contributed by atoms with Crippen molar-refractivity contribution in [1.82, 2.24) is 14.9 Å². The molecule has 2 heterocycles. The van der Waals surface area contributed by atoms with E-state index in [1.54, 1.807) is 36.8 Å². The molecule has 1 aliphatic heterocycles. The number of aryl methyl sites for hydroxylation is 1. The Morgan fingerprint density at radius 3 is 2.64 bits per heavy atom. The molecule has 2 amide bonds. The summed E-state index contributed by atoms with van der Waals surface area (Å²) in [5.41, 5.74) is 3.29. The third kappa shape index (κ3) is 6.20. The number of anilines is 2. The van der Waals surface area contributed by atoms with Crippen LogP contribution in [0.3, 0.4) is 0 Å². The van der Waals surface area contributed by atoms with Crippen molar-refractivity contribution in [2.45, 2.75) is 25.9 Å². The van der Waals surface area contributed by atoms with Crippen molar-refractivity contribution in [2.75, 3.05) is 36.5 Å². The van der Waals surface area contributed by atoms with Crippen LogP contribution in [-0.2, 0) is 16.1 Å². The fourth-order valence-electron chi connectivity index (χ4n) is 3.77. The number of carbonyl (C=O) groups is 2. The van der Waals surface area contributed by atoms with Gasteiger partial charge in [0.05, 0.1) is 25.6 Å². The molecular formula is C25H29N5O3. The first-order chi connectivity index (χ1) is 16.1. The summed E-state index contributed by atoms with van der Waals surface area (Å²) in [4.78, 5) is 31.3. The van der Waals surface area contributed by atoms with Crippen LogP contribution in [-0.4, -0.2) is 47.7 Å². The number of imidazole rings is 1. The van der Waals surface area contributed by atoms with Crippen LogP contribution in [0.15, 0.2) is 67.3 Å². The quantitative estimate of drug-likeness (QED) is 0.554. The van der Waals surface area contributed by atoms with Crippen molar-refractivity contribution in [2.24, 2.45) is 0 Å². The van der Waals surface area contributed by atoms with E-state index in [2.05, 4.69) is 32.7 Å². The minimum Gasteiger partial charge on any atom is -0.378 e. The molecule has 1 atom stereocenters. The van der Waals surface area contributed by atoms with E-state index < -0.39 is 0 Å². The van der Waals surface area contributed by atoms with Crippen LogP contribution in [0, 0.1) is 0 Å². The fraction of sp³-hybridized carbons (Fsp3) is 0.320. The number of rotatable bonds is 8. The maximum atomic E-state index is 12.8. The topological polar surface area (TPSA) is 88.5 Å². The SMILES string of the molecule is CC(NC(=O)c1cccc(NC(=O)CCn2ccnc2)c1)c1ccc(N2CCOCC2)cc1. The lowest BCUT2D eigenvalue weighted by atomic mass is 10.1. The first-order valence-electron chi connectivity index (χ1n) is 11.2. The monoisotopic (exact) mass is 447 g/mol. The van der Waals surface area contributed by atoms with Gasteiger partial charge in [0, 0.05) is 55.4 Å². The molecule has 1 aromatic heterocycles. The van der Waals surface area contributed by atoms with Crippen LogP contribution in [0.1, 0.15) is 35.3 Å². The smallest absolute Gasteiger partial charge is 0.251 e. The molecule has 1 saturated heterocycles. The number of benzene rings is 2. The Kier molecular flexibility index (Phi) is 7.36. The molecular weight excluding hydrogens is 418 g/mol. The number of nitrogens with zero attached hydrogens (tertiary/aromatic N) is 3. The van der Waals surface area contributed by atoms with Crippen LogP contribution in [0.4, 0.5) is 11.4 Å². The lowest BCUT2D eigenvalue weighted by Crippen LogP contribution is -2.36. The number of nitrogens with one attached hydrogen (secondary N) is 2. The number of ether oxygens (including phenoxy) is 1. The number of hydrogen-bond donors (Lipinski definition) is 2. The summed E-state index contributed by atoms with van der Waals surface area (Å²) in [6.45, 7) is 5.79. The van der Waals surface area contributed by atoms with E-state index in [4.69, 9.17) is 4.74 Å². The second kappa shape index (κ2) is 10.8. The molecule has 1 aliphatic rings. The molecule has 1 fully saturated rings. The van der Waals surface area contributed by atoms with Gasteiger partial charge in [-0.15, -0.1) is 0 Å². The van der Waals surface area contributed by atoms with Crippen LogP contribution >= 0.6 is 0 Å². The average Bonchev–Trinajstić information content (AvgIpc) is 3.37. The first-order valence-corrected chi connectivity index (χ1v) is 11.2. The Labute approximate surface area is 193 Å². The molecule has 2 N–H and O–H groups in total. The van der Waals surface area contributed by atoms with E-state index in [0.717, 1.165) is 37.6 Å². The summed E-state index contributed by atoms with van der Waals surface area (Å²) in [5.74, 6) is -0.302. The highest BCUT2D eigenvalue weighted by Gasteiger charge is 2.15. The third-order valence-corrected chi connectivity index (χ3v) is 5.68. The lowest BCUT2D eigenvalue weighted by Gasteiger charge is -2.29. The summed E-state index contributed by atoms with van der Waals surface area (Å²) in [5, 5.41) is 5.90. The van der Waals surface area contributed by atoms with Crippen molar-refractivity contribution in [3.05, 3.63) is 78.4 Å².